The molecule has 0 unspecified atom stereocenters. The van der Waals surface area contributed by atoms with Crippen LogP contribution in [-0.2, 0) is 6.54 Å². The monoisotopic (exact) mass is 385 g/mol. The fourth-order valence-electron chi connectivity index (χ4n) is 2.72. The van der Waals surface area contributed by atoms with Crippen LogP contribution >= 0.6 is 15.9 Å². The molecule has 0 bridgehead atoms. The molecule has 0 atom stereocenters. The molecule has 5 heteroatoms. The van der Waals surface area contributed by atoms with Gasteiger partial charge in [0.2, 0.25) is 0 Å². The predicted molar refractivity (Wildman–Crippen MR) is 100.0 cm³/mol. The summed E-state index contributed by atoms with van der Waals surface area (Å²) in [6.07, 6.45) is 1.79. The first-order valence-corrected chi connectivity index (χ1v) is 8.87. The second-order valence-electron chi connectivity index (χ2n) is 5.89. The van der Waals surface area contributed by atoms with Crippen molar-refractivity contribution in [3.63, 3.8) is 0 Å². The Bertz CT molecular complexity index is 703. The summed E-state index contributed by atoms with van der Waals surface area (Å²) in [5.41, 5.74) is 5.68. The molecule has 0 aliphatic carbocycles. The van der Waals surface area contributed by atoms with E-state index in [0.29, 0.717) is 5.56 Å². The van der Waals surface area contributed by atoms with E-state index in [-0.39, 0.29) is 5.91 Å². The van der Waals surface area contributed by atoms with Gasteiger partial charge in [-0.05, 0) is 29.8 Å². The number of carbonyl (C=O) groups excluding carboxylic acids is 1. The number of hydrogen-bond donors (Lipinski definition) is 1. The highest BCUT2D eigenvalue weighted by Gasteiger charge is 2.15. The Morgan fingerprint density at radius 1 is 1.04 bits per heavy atom. The van der Waals surface area contributed by atoms with E-state index in [4.69, 9.17) is 0 Å². The summed E-state index contributed by atoms with van der Waals surface area (Å²) >= 11 is 3.36. The zero-order valence-corrected chi connectivity index (χ0v) is 15.0. The summed E-state index contributed by atoms with van der Waals surface area (Å²) in [5.74, 6) is -0.165. The number of piperidine rings is 1. The van der Waals surface area contributed by atoms with Crippen LogP contribution in [0.1, 0.15) is 28.8 Å². The zero-order chi connectivity index (χ0) is 16.8. The third kappa shape index (κ3) is 4.76. The van der Waals surface area contributed by atoms with Gasteiger partial charge in [-0.25, -0.2) is 5.43 Å². The van der Waals surface area contributed by atoms with E-state index in [2.05, 4.69) is 55.6 Å². The van der Waals surface area contributed by atoms with Crippen LogP contribution in [-0.4, -0.2) is 29.6 Å². The average molecular weight is 386 g/mol. The molecule has 0 saturated carbocycles. The largest absolute Gasteiger partial charge is 0.298 e. The highest BCUT2D eigenvalue weighted by molar-refractivity contribution is 9.10. The molecule has 0 aromatic heterocycles. The van der Waals surface area contributed by atoms with E-state index in [1.165, 1.54) is 5.56 Å². The number of hydrazone groups is 1. The van der Waals surface area contributed by atoms with Crippen molar-refractivity contribution in [2.75, 3.05) is 13.1 Å². The Labute approximate surface area is 150 Å². The number of likely N-dealkylation sites (tertiary alicyclic amines) is 1. The van der Waals surface area contributed by atoms with E-state index < -0.39 is 0 Å². The molecule has 0 spiro atoms. The molecule has 1 aliphatic heterocycles. The summed E-state index contributed by atoms with van der Waals surface area (Å²) in [5, 5.41) is 4.30. The van der Waals surface area contributed by atoms with Gasteiger partial charge < -0.3 is 0 Å². The van der Waals surface area contributed by atoms with Gasteiger partial charge in [-0.3, -0.25) is 9.69 Å². The number of rotatable bonds is 4. The number of nitrogens with one attached hydrogen (secondary N) is 1. The number of halogens is 1. The molecular formula is C19H20BrN3O. The minimum absolute atomic E-state index is 0.165. The molecule has 3 rings (SSSR count). The maximum Gasteiger partial charge on any atom is 0.271 e. The summed E-state index contributed by atoms with van der Waals surface area (Å²) in [6.45, 7) is 2.92. The Balaban J connectivity index is 1.48. The third-order valence-electron chi connectivity index (χ3n) is 4.10. The van der Waals surface area contributed by atoms with Crippen LogP contribution in [0.3, 0.4) is 0 Å². The molecule has 1 aliphatic rings. The molecule has 1 fully saturated rings. The molecule has 2 aromatic rings. The summed E-state index contributed by atoms with van der Waals surface area (Å²) in [6, 6.07) is 17.8. The Morgan fingerprint density at radius 3 is 2.38 bits per heavy atom. The van der Waals surface area contributed by atoms with Crippen molar-refractivity contribution in [1.29, 1.82) is 0 Å². The quantitative estimate of drug-likeness (QED) is 0.812. The molecule has 124 valence electrons. The van der Waals surface area contributed by atoms with Crippen molar-refractivity contribution in [2.24, 2.45) is 5.10 Å². The lowest BCUT2D eigenvalue weighted by Crippen LogP contribution is -2.34. The van der Waals surface area contributed by atoms with E-state index in [0.717, 1.165) is 42.7 Å². The fourth-order valence-corrected chi connectivity index (χ4v) is 2.98. The Hall–Kier alpha value is -1.98. The van der Waals surface area contributed by atoms with Gasteiger partial charge in [0, 0.05) is 48.2 Å². The van der Waals surface area contributed by atoms with Gasteiger partial charge in [0.1, 0.15) is 0 Å². The van der Waals surface area contributed by atoms with Crippen molar-refractivity contribution in [3.8, 4) is 0 Å². The number of nitrogens with zero attached hydrogens (tertiary/aromatic N) is 2. The molecule has 1 N–H and O–H groups in total. The lowest BCUT2D eigenvalue weighted by Gasteiger charge is -2.27. The molecule has 24 heavy (non-hydrogen) atoms. The third-order valence-corrected chi connectivity index (χ3v) is 4.63. The lowest BCUT2D eigenvalue weighted by atomic mass is 10.1. The number of hydrogen-bond acceptors (Lipinski definition) is 3. The van der Waals surface area contributed by atoms with E-state index in [9.17, 15) is 4.79 Å². The molecule has 1 saturated heterocycles. The van der Waals surface area contributed by atoms with Crippen molar-refractivity contribution < 1.29 is 4.79 Å². The topological polar surface area (TPSA) is 44.7 Å². The second-order valence-corrected chi connectivity index (χ2v) is 6.80. The van der Waals surface area contributed by atoms with Crippen molar-refractivity contribution in [3.05, 3.63) is 70.2 Å². The number of benzene rings is 2. The first-order valence-electron chi connectivity index (χ1n) is 8.08. The maximum atomic E-state index is 12.1. The minimum atomic E-state index is -0.165. The van der Waals surface area contributed by atoms with E-state index in [1.807, 2.05) is 18.2 Å². The summed E-state index contributed by atoms with van der Waals surface area (Å²) in [4.78, 5) is 14.5. The maximum absolute atomic E-state index is 12.1. The normalized spacial score (nSPS) is 15.1. The van der Waals surface area contributed by atoms with Gasteiger partial charge in [0.25, 0.3) is 5.91 Å². The highest BCUT2D eigenvalue weighted by Crippen LogP contribution is 2.12. The second kappa shape index (κ2) is 8.22. The van der Waals surface area contributed by atoms with Crippen molar-refractivity contribution >= 4 is 27.5 Å². The van der Waals surface area contributed by atoms with Crippen LogP contribution in [0.4, 0.5) is 0 Å². The molecule has 4 nitrogen and oxygen atoms in total. The molecule has 0 radical (unpaired) electrons. The minimum Gasteiger partial charge on any atom is -0.298 e. The average Bonchev–Trinajstić information content (AvgIpc) is 2.62. The van der Waals surface area contributed by atoms with Gasteiger partial charge in [-0.15, -0.1) is 0 Å². The van der Waals surface area contributed by atoms with Crippen LogP contribution in [0.2, 0.25) is 0 Å². The van der Waals surface area contributed by atoms with Crippen molar-refractivity contribution in [1.82, 2.24) is 10.3 Å². The molecule has 1 amide bonds. The summed E-state index contributed by atoms with van der Waals surface area (Å²) in [7, 11) is 0. The smallest absolute Gasteiger partial charge is 0.271 e. The van der Waals surface area contributed by atoms with Gasteiger partial charge in [-0.1, -0.05) is 46.3 Å². The zero-order valence-electron chi connectivity index (χ0n) is 13.4. The van der Waals surface area contributed by atoms with Crippen molar-refractivity contribution in [2.45, 2.75) is 19.4 Å². The van der Waals surface area contributed by atoms with Crippen LogP contribution in [0.25, 0.3) is 0 Å². The molecular weight excluding hydrogens is 366 g/mol. The first kappa shape index (κ1) is 16.9. The number of carbonyl (C=O) groups is 1. The van der Waals surface area contributed by atoms with E-state index in [1.54, 1.807) is 12.1 Å². The summed E-state index contributed by atoms with van der Waals surface area (Å²) < 4.78 is 0.955. The SMILES string of the molecule is O=C(NN=C1CCN(Cc2ccccc2)CC1)c1ccc(Br)cc1. The molecule has 2 aromatic carbocycles. The first-order chi connectivity index (χ1) is 11.7. The van der Waals surface area contributed by atoms with Gasteiger partial charge >= 0.3 is 0 Å². The Kier molecular flexibility index (Phi) is 5.77. The van der Waals surface area contributed by atoms with Gasteiger partial charge in [0.05, 0.1) is 0 Å². The predicted octanol–water partition coefficient (Wildman–Crippen LogP) is 3.83. The van der Waals surface area contributed by atoms with Gasteiger partial charge in [0.15, 0.2) is 0 Å². The molecule has 1 heterocycles. The van der Waals surface area contributed by atoms with Crippen LogP contribution in [0, 0.1) is 0 Å². The lowest BCUT2D eigenvalue weighted by molar-refractivity contribution is 0.0954. The standard InChI is InChI=1S/C19H20BrN3O/c20-17-8-6-16(7-9-17)19(24)22-21-18-10-12-23(13-11-18)14-15-4-2-1-3-5-15/h1-9H,10-14H2,(H,22,24). The van der Waals surface area contributed by atoms with Crippen LogP contribution in [0.15, 0.2) is 64.2 Å². The number of amides is 1. The van der Waals surface area contributed by atoms with Crippen LogP contribution < -0.4 is 5.43 Å². The fraction of sp³-hybridized carbons (Fsp3) is 0.263. The van der Waals surface area contributed by atoms with E-state index >= 15 is 0 Å². The van der Waals surface area contributed by atoms with Gasteiger partial charge in [-0.2, -0.15) is 5.10 Å². The Morgan fingerprint density at radius 2 is 1.71 bits per heavy atom. The highest BCUT2D eigenvalue weighted by atomic mass is 79.9. The van der Waals surface area contributed by atoms with Crippen LogP contribution in [0.5, 0.6) is 0 Å².